The summed E-state index contributed by atoms with van der Waals surface area (Å²) in [5.41, 5.74) is 2.18. The van der Waals surface area contributed by atoms with Crippen LogP contribution in [-0.4, -0.2) is 44.1 Å². The molecule has 0 aliphatic rings. The van der Waals surface area contributed by atoms with Gasteiger partial charge >= 0.3 is 0 Å². The molecule has 0 radical (unpaired) electrons. The average Bonchev–Trinajstić information content (AvgIpc) is 3.20. The summed E-state index contributed by atoms with van der Waals surface area (Å²) in [6.45, 7) is 3.26. The molecule has 9 heteroatoms. The van der Waals surface area contributed by atoms with Crippen LogP contribution in [-0.2, 0) is 20.1 Å². The maximum Gasteiger partial charge on any atom is 0.194 e. The van der Waals surface area contributed by atoms with Gasteiger partial charge in [0, 0.05) is 63.7 Å². The van der Waals surface area contributed by atoms with Gasteiger partial charge in [0.15, 0.2) is 5.96 Å². The van der Waals surface area contributed by atoms with Crippen LogP contribution in [0.15, 0.2) is 48.0 Å². The Bertz CT molecular complexity index is 947. The highest BCUT2D eigenvalue weighted by Crippen LogP contribution is 2.15. The minimum Gasteiger partial charge on any atom is -0.352 e. The van der Waals surface area contributed by atoms with E-state index in [0.29, 0.717) is 13.1 Å². The Morgan fingerprint density at radius 1 is 1.32 bits per heavy atom. The standard InChI is InChI=1S/C19H24ClN7.HI/c1-14-22-8-9-27(14)18-15(6-5-7-23-18)11-24-19(21-2)26(4)13-17-10-16(20)12-25(17)3;/h5-10,12H,11,13H2,1-4H3,(H,21,24);1H. The summed E-state index contributed by atoms with van der Waals surface area (Å²) in [5.74, 6) is 2.56. The molecule has 0 fully saturated rings. The zero-order valence-electron chi connectivity index (χ0n) is 16.4. The van der Waals surface area contributed by atoms with Crippen LogP contribution in [0.5, 0.6) is 0 Å². The summed E-state index contributed by atoms with van der Waals surface area (Å²) in [7, 11) is 5.77. The molecule has 3 heterocycles. The Balaban J connectivity index is 0.00000280. The predicted molar refractivity (Wildman–Crippen MR) is 124 cm³/mol. The fourth-order valence-electron chi connectivity index (χ4n) is 2.99. The van der Waals surface area contributed by atoms with Crippen LogP contribution >= 0.6 is 35.6 Å². The van der Waals surface area contributed by atoms with Gasteiger partial charge in [-0.3, -0.25) is 9.56 Å². The molecule has 0 saturated heterocycles. The third-order valence-corrected chi connectivity index (χ3v) is 4.61. The second-order valence-electron chi connectivity index (χ2n) is 6.35. The van der Waals surface area contributed by atoms with Crippen LogP contribution in [0.2, 0.25) is 5.02 Å². The summed E-state index contributed by atoms with van der Waals surface area (Å²) in [6.07, 6.45) is 7.38. The SMILES string of the molecule is CN=C(NCc1cccnc1-n1ccnc1C)N(C)Cc1cc(Cl)cn1C.I. The highest BCUT2D eigenvalue weighted by Gasteiger charge is 2.12. The Kier molecular flexibility index (Phi) is 7.88. The van der Waals surface area contributed by atoms with Crippen LogP contribution < -0.4 is 5.32 Å². The molecule has 7 nitrogen and oxygen atoms in total. The molecule has 0 spiro atoms. The van der Waals surface area contributed by atoms with Gasteiger partial charge in [-0.2, -0.15) is 0 Å². The molecular formula is C19H25ClIN7. The number of nitrogens with zero attached hydrogens (tertiary/aromatic N) is 6. The van der Waals surface area contributed by atoms with Crippen molar-refractivity contribution >= 4 is 41.5 Å². The second-order valence-corrected chi connectivity index (χ2v) is 6.78. The molecule has 3 rings (SSSR count). The van der Waals surface area contributed by atoms with E-state index in [4.69, 9.17) is 11.6 Å². The normalized spacial score (nSPS) is 11.2. The Hall–Kier alpha value is -2.07. The van der Waals surface area contributed by atoms with Crippen molar-refractivity contribution in [3.63, 3.8) is 0 Å². The number of imidazole rings is 1. The van der Waals surface area contributed by atoms with Crippen LogP contribution in [0.25, 0.3) is 5.82 Å². The molecule has 3 aromatic rings. The first kappa shape index (κ1) is 22.2. The first-order chi connectivity index (χ1) is 13.0. The van der Waals surface area contributed by atoms with E-state index in [9.17, 15) is 0 Å². The van der Waals surface area contributed by atoms with Gasteiger partial charge in [0.1, 0.15) is 11.6 Å². The van der Waals surface area contributed by atoms with Crippen molar-refractivity contribution in [1.82, 2.24) is 29.3 Å². The fourth-order valence-corrected chi connectivity index (χ4v) is 3.26. The largest absolute Gasteiger partial charge is 0.352 e. The lowest BCUT2D eigenvalue weighted by atomic mass is 10.2. The molecule has 0 amide bonds. The van der Waals surface area contributed by atoms with Gasteiger partial charge in [0.25, 0.3) is 0 Å². The van der Waals surface area contributed by atoms with Crippen molar-refractivity contribution in [2.75, 3.05) is 14.1 Å². The molecule has 150 valence electrons. The van der Waals surface area contributed by atoms with E-state index in [1.807, 2.05) is 54.7 Å². The average molecular weight is 514 g/mol. The van der Waals surface area contributed by atoms with Crippen LogP contribution in [0.4, 0.5) is 0 Å². The van der Waals surface area contributed by atoms with Crippen LogP contribution in [0.1, 0.15) is 17.1 Å². The van der Waals surface area contributed by atoms with Gasteiger partial charge in [0.05, 0.1) is 11.6 Å². The molecule has 0 saturated carbocycles. The van der Waals surface area contributed by atoms with Crippen molar-refractivity contribution in [2.45, 2.75) is 20.0 Å². The number of aryl methyl sites for hydroxylation is 2. The van der Waals surface area contributed by atoms with Crippen molar-refractivity contribution in [3.8, 4) is 5.82 Å². The molecule has 0 unspecified atom stereocenters. The first-order valence-corrected chi connectivity index (χ1v) is 9.04. The summed E-state index contributed by atoms with van der Waals surface area (Å²) >= 11 is 6.08. The van der Waals surface area contributed by atoms with Gasteiger partial charge in [-0.25, -0.2) is 9.97 Å². The smallest absolute Gasteiger partial charge is 0.194 e. The zero-order chi connectivity index (χ0) is 19.4. The number of hydrogen-bond donors (Lipinski definition) is 1. The van der Waals surface area contributed by atoms with Crippen molar-refractivity contribution in [3.05, 3.63) is 65.1 Å². The van der Waals surface area contributed by atoms with E-state index in [1.165, 1.54) is 0 Å². The first-order valence-electron chi connectivity index (χ1n) is 8.66. The lowest BCUT2D eigenvalue weighted by Crippen LogP contribution is -2.38. The number of guanidine groups is 1. The molecule has 0 aliphatic heterocycles. The molecule has 0 atom stereocenters. The molecule has 1 N–H and O–H groups in total. The van der Waals surface area contributed by atoms with E-state index in [1.54, 1.807) is 19.4 Å². The van der Waals surface area contributed by atoms with Crippen molar-refractivity contribution in [1.29, 1.82) is 0 Å². The van der Waals surface area contributed by atoms with Gasteiger partial charge in [-0.1, -0.05) is 17.7 Å². The van der Waals surface area contributed by atoms with E-state index >= 15 is 0 Å². The van der Waals surface area contributed by atoms with Crippen molar-refractivity contribution < 1.29 is 0 Å². The topological polar surface area (TPSA) is 63.3 Å². The zero-order valence-corrected chi connectivity index (χ0v) is 19.5. The van der Waals surface area contributed by atoms with E-state index in [0.717, 1.165) is 33.9 Å². The highest BCUT2D eigenvalue weighted by molar-refractivity contribution is 14.0. The van der Waals surface area contributed by atoms with Crippen molar-refractivity contribution in [2.24, 2.45) is 12.0 Å². The third-order valence-electron chi connectivity index (χ3n) is 4.41. The lowest BCUT2D eigenvalue weighted by molar-refractivity contribution is 0.461. The number of halogens is 2. The summed E-state index contributed by atoms with van der Waals surface area (Å²) in [5, 5.41) is 4.15. The van der Waals surface area contributed by atoms with E-state index in [2.05, 4.69) is 31.2 Å². The second kappa shape index (κ2) is 9.92. The minimum absolute atomic E-state index is 0. The quantitative estimate of drug-likeness (QED) is 0.323. The predicted octanol–water partition coefficient (Wildman–Crippen LogP) is 3.39. The van der Waals surface area contributed by atoms with Gasteiger partial charge in [-0.05, 0) is 19.1 Å². The molecule has 3 aromatic heterocycles. The summed E-state index contributed by atoms with van der Waals surface area (Å²) in [6, 6.07) is 5.95. The van der Waals surface area contributed by atoms with Gasteiger partial charge < -0.3 is 14.8 Å². The summed E-state index contributed by atoms with van der Waals surface area (Å²) < 4.78 is 4.00. The molecule has 0 bridgehead atoms. The molecule has 28 heavy (non-hydrogen) atoms. The molecule has 0 aliphatic carbocycles. The number of hydrogen-bond acceptors (Lipinski definition) is 3. The third kappa shape index (κ3) is 5.05. The molecular weight excluding hydrogens is 489 g/mol. The van der Waals surface area contributed by atoms with E-state index < -0.39 is 0 Å². The van der Waals surface area contributed by atoms with Gasteiger partial charge in [0.2, 0.25) is 0 Å². The summed E-state index contributed by atoms with van der Waals surface area (Å²) in [4.78, 5) is 15.3. The van der Waals surface area contributed by atoms with Crippen LogP contribution in [0.3, 0.4) is 0 Å². The Morgan fingerprint density at radius 2 is 2.11 bits per heavy atom. The Labute approximate surface area is 187 Å². The highest BCUT2D eigenvalue weighted by atomic mass is 127. The number of pyridine rings is 1. The lowest BCUT2D eigenvalue weighted by Gasteiger charge is -2.23. The maximum absolute atomic E-state index is 6.08. The van der Waals surface area contributed by atoms with E-state index in [-0.39, 0.29) is 24.0 Å². The fraction of sp³-hybridized carbons (Fsp3) is 0.316. The monoisotopic (exact) mass is 513 g/mol. The van der Waals surface area contributed by atoms with Crippen LogP contribution in [0, 0.1) is 6.92 Å². The number of aliphatic imine (C=N–C) groups is 1. The number of nitrogens with one attached hydrogen (secondary N) is 1. The number of rotatable bonds is 5. The molecule has 0 aromatic carbocycles. The maximum atomic E-state index is 6.08. The van der Waals surface area contributed by atoms with Gasteiger partial charge in [-0.15, -0.1) is 24.0 Å². The Morgan fingerprint density at radius 3 is 2.71 bits per heavy atom. The number of aromatic nitrogens is 4. The minimum atomic E-state index is 0.